The number of nitriles is 1. The van der Waals surface area contributed by atoms with Crippen LogP contribution in [0, 0.1) is 21.4 Å². The summed E-state index contributed by atoms with van der Waals surface area (Å²) < 4.78 is 22.2. The minimum atomic E-state index is -4.30. The highest BCUT2D eigenvalue weighted by atomic mass is 35.7. The van der Waals surface area contributed by atoms with Gasteiger partial charge in [-0.3, -0.25) is 14.9 Å². The molecule has 0 aliphatic heterocycles. The molecule has 0 aliphatic rings. The first kappa shape index (κ1) is 13.1. The smallest absolute Gasteiger partial charge is 0.281 e. The van der Waals surface area contributed by atoms with Crippen LogP contribution in [0.15, 0.2) is 17.0 Å². The summed E-state index contributed by atoms with van der Waals surface area (Å²) in [7, 11) is 0.728. The van der Waals surface area contributed by atoms with Crippen LogP contribution >= 0.6 is 10.7 Å². The summed E-state index contributed by atoms with van der Waals surface area (Å²) in [6.45, 7) is 0. The van der Waals surface area contributed by atoms with E-state index < -0.39 is 35.7 Å². The summed E-state index contributed by atoms with van der Waals surface area (Å²) in [6.07, 6.45) is 0.156. The molecule has 7 nitrogen and oxygen atoms in total. The van der Waals surface area contributed by atoms with Crippen molar-refractivity contribution in [2.45, 2.75) is 4.90 Å². The van der Waals surface area contributed by atoms with Crippen LogP contribution in [0.1, 0.15) is 15.9 Å². The lowest BCUT2D eigenvalue weighted by Crippen LogP contribution is -2.01. The molecule has 0 aromatic heterocycles. The molecule has 0 heterocycles. The van der Waals surface area contributed by atoms with Crippen molar-refractivity contribution in [3.63, 3.8) is 0 Å². The zero-order valence-electron chi connectivity index (χ0n) is 7.95. The third-order valence-electron chi connectivity index (χ3n) is 1.84. The second kappa shape index (κ2) is 4.48. The topological polar surface area (TPSA) is 118 Å². The maximum absolute atomic E-state index is 11.1. The van der Waals surface area contributed by atoms with E-state index in [1.807, 2.05) is 0 Å². The zero-order chi connectivity index (χ0) is 13.2. The Bertz CT molecular complexity index is 647. The van der Waals surface area contributed by atoms with E-state index in [1.165, 1.54) is 6.07 Å². The molecule has 17 heavy (non-hydrogen) atoms. The molecule has 0 unspecified atom stereocenters. The number of nitrogens with zero attached hydrogens (tertiary/aromatic N) is 2. The molecule has 0 atom stereocenters. The van der Waals surface area contributed by atoms with Gasteiger partial charge in [0, 0.05) is 16.7 Å². The first-order chi connectivity index (χ1) is 7.81. The first-order valence-corrected chi connectivity index (χ1v) is 6.24. The molecule has 0 bridgehead atoms. The zero-order valence-corrected chi connectivity index (χ0v) is 9.53. The molecule has 0 spiro atoms. The standard InChI is InChI=1S/C8H3ClN2O5S/c9-17(15,16)8-2-7(11(13)14)6(4-12)1-5(8)3-10/h1-2,4H. The van der Waals surface area contributed by atoms with Crippen molar-refractivity contribution in [1.29, 1.82) is 5.26 Å². The molecular weight excluding hydrogens is 272 g/mol. The number of hydrogen-bond donors (Lipinski definition) is 0. The van der Waals surface area contributed by atoms with Crippen LogP contribution < -0.4 is 0 Å². The van der Waals surface area contributed by atoms with Crippen LogP contribution in [-0.2, 0) is 9.05 Å². The molecule has 0 amide bonds. The van der Waals surface area contributed by atoms with E-state index in [0.29, 0.717) is 6.07 Å². The quantitative estimate of drug-likeness (QED) is 0.354. The highest BCUT2D eigenvalue weighted by Gasteiger charge is 2.24. The largest absolute Gasteiger partial charge is 0.298 e. The summed E-state index contributed by atoms with van der Waals surface area (Å²) >= 11 is 0. The normalized spacial score (nSPS) is 10.6. The number of hydrogen-bond acceptors (Lipinski definition) is 6. The summed E-state index contributed by atoms with van der Waals surface area (Å²) in [5.74, 6) is 0. The Hall–Kier alpha value is -1.98. The van der Waals surface area contributed by atoms with Gasteiger partial charge in [-0.1, -0.05) is 0 Å². The van der Waals surface area contributed by atoms with Crippen LogP contribution in [0.4, 0.5) is 5.69 Å². The maximum Gasteiger partial charge on any atom is 0.281 e. The Morgan fingerprint density at radius 1 is 1.47 bits per heavy atom. The van der Waals surface area contributed by atoms with Gasteiger partial charge in [0.25, 0.3) is 14.7 Å². The summed E-state index contributed by atoms with van der Waals surface area (Å²) in [4.78, 5) is 19.5. The Kier molecular flexibility index (Phi) is 3.45. The lowest BCUT2D eigenvalue weighted by Gasteiger charge is -2.01. The molecular formula is C8H3ClN2O5S. The molecule has 0 saturated heterocycles. The average Bonchev–Trinajstić information content (AvgIpc) is 2.25. The SMILES string of the molecule is N#Cc1cc(C=O)c([N+](=O)[O-])cc1S(=O)(=O)Cl. The van der Waals surface area contributed by atoms with Crippen LogP contribution in [0.25, 0.3) is 0 Å². The number of carbonyl (C=O) groups is 1. The van der Waals surface area contributed by atoms with Crippen LogP contribution in [-0.4, -0.2) is 19.6 Å². The van der Waals surface area contributed by atoms with Gasteiger partial charge in [0.1, 0.15) is 11.0 Å². The Balaban J connectivity index is 3.76. The fraction of sp³-hybridized carbons (Fsp3) is 0. The summed E-state index contributed by atoms with van der Waals surface area (Å²) in [5, 5.41) is 19.3. The highest BCUT2D eigenvalue weighted by Crippen LogP contribution is 2.27. The predicted molar refractivity (Wildman–Crippen MR) is 56.2 cm³/mol. The van der Waals surface area contributed by atoms with Gasteiger partial charge in [0.05, 0.1) is 16.1 Å². The molecule has 0 fully saturated rings. The van der Waals surface area contributed by atoms with Gasteiger partial charge in [-0.15, -0.1) is 0 Å². The van der Waals surface area contributed by atoms with Crippen LogP contribution in [0.2, 0.25) is 0 Å². The fourth-order valence-corrected chi connectivity index (χ4v) is 2.13. The van der Waals surface area contributed by atoms with Crippen molar-refractivity contribution in [3.05, 3.63) is 33.4 Å². The van der Waals surface area contributed by atoms with E-state index in [4.69, 9.17) is 15.9 Å². The third kappa shape index (κ3) is 2.58. The van der Waals surface area contributed by atoms with Crippen molar-refractivity contribution in [1.82, 2.24) is 0 Å². The number of halogens is 1. The number of benzene rings is 1. The van der Waals surface area contributed by atoms with Crippen molar-refractivity contribution in [2.24, 2.45) is 0 Å². The van der Waals surface area contributed by atoms with Gasteiger partial charge >= 0.3 is 0 Å². The number of aldehydes is 1. The van der Waals surface area contributed by atoms with Gasteiger partial charge in [-0.2, -0.15) is 5.26 Å². The number of nitro benzene ring substituents is 1. The first-order valence-electron chi connectivity index (χ1n) is 3.93. The number of carbonyl (C=O) groups excluding carboxylic acids is 1. The number of rotatable bonds is 3. The minimum absolute atomic E-state index is 0.156. The second-order valence-electron chi connectivity index (χ2n) is 2.83. The Labute approximate surface area is 99.8 Å². The third-order valence-corrected chi connectivity index (χ3v) is 3.20. The van der Waals surface area contributed by atoms with Crippen molar-refractivity contribution < 1.29 is 18.1 Å². The molecule has 0 saturated carbocycles. The van der Waals surface area contributed by atoms with Crippen molar-refractivity contribution in [3.8, 4) is 6.07 Å². The van der Waals surface area contributed by atoms with E-state index in [2.05, 4.69) is 0 Å². The van der Waals surface area contributed by atoms with Gasteiger partial charge in [0.15, 0.2) is 6.29 Å². The van der Waals surface area contributed by atoms with Crippen LogP contribution in [0.3, 0.4) is 0 Å². The van der Waals surface area contributed by atoms with Gasteiger partial charge < -0.3 is 0 Å². The second-order valence-corrected chi connectivity index (χ2v) is 5.37. The van der Waals surface area contributed by atoms with Crippen LogP contribution in [0.5, 0.6) is 0 Å². The Morgan fingerprint density at radius 2 is 2.06 bits per heavy atom. The van der Waals surface area contributed by atoms with E-state index in [1.54, 1.807) is 0 Å². The molecule has 1 aromatic rings. The highest BCUT2D eigenvalue weighted by molar-refractivity contribution is 8.13. The predicted octanol–water partition coefficient (Wildman–Crippen LogP) is 1.21. The van der Waals surface area contributed by atoms with Gasteiger partial charge in [-0.05, 0) is 6.07 Å². The number of nitro groups is 1. The Morgan fingerprint density at radius 3 is 2.41 bits per heavy atom. The van der Waals surface area contributed by atoms with E-state index in [9.17, 15) is 23.3 Å². The molecule has 88 valence electrons. The lowest BCUT2D eigenvalue weighted by atomic mass is 10.1. The van der Waals surface area contributed by atoms with E-state index >= 15 is 0 Å². The molecule has 9 heteroatoms. The molecule has 1 aromatic carbocycles. The van der Waals surface area contributed by atoms with E-state index in [-0.39, 0.29) is 6.29 Å². The minimum Gasteiger partial charge on any atom is -0.298 e. The van der Waals surface area contributed by atoms with Gasteiger partial charge in [-0.25, -0.2) is 8.42 Å². The maximum atomic E-state index is 11.1. The fourth-order valence-electron chi connectivity index (χ4n) is 1.13. The summed E-state index contributed by atoms with van der Waals surface area (Å²) in [6, 6.07) is 2.89. The van der Waals surface area contributed by atoms with E-state index in [0.717, 1.165) is 6.07 Å². The van der Waals surface area contributed by atoms with Gasteiger partial charge in [0.2, 0.25) is 0 Å². The monoisotopic (exact) mass is 274 g/mol. The lowest BCUT2D eigenvalue weighted by molar-refractivity contribution is -0.385. The molecule has 0 radical (unpaired) electrons. The van der Waals surface area contributed by atoms with Crippen molar-refractivity contribution in [2.75, 3.05) is 0 Å². The average molecular weight is 275 g/mol. The molecule has 0 aliphatic carbocycles. The summed E-state index contributed by atoms with van der Waals surface area (Å²) in [5.41, 5.74) is -1.54. The van der Waals surface area contributed by atoms with Crippen molar-refractivity contribution >= 4 is 31.7 Å². The molecule has 0 N–H and O–H groups in total. The molecule has 1 rings (SSSR count).